The summed E-state index contributed by atoms with van der Waals surface area (Å²) in [7, 11) is 0. The molecule has 0 aromatic heterocycles. The average Bonchev–Trinajstić information content (AvgIpc) is 1.27. The largest absolute Gasteiger partial charge is 0.165 e. The van der Waals surface area contributed by atoms with Crippen molar-refractivity contribution in [2.45, 2.75) is 9.16 Å². The van der Waals surface area contributed by atoms with E-state index in [9.17, 15) is 0 Å². The third kappa shape index (κ3) is 7.05. The minimum absolute atomic E-state index is 0.0972. The average molecular weight is 152 g/mol. The summed E-state index contributed by atoms with van der Waals surface area (Å²) in [5.74, 6) is 0. The van der Waals surface area contributed by atoms with Gasteiger partial charge in [0.25, 0.3) is 0 Å². The molecule has 0 aliphatic heterocycles. The Hall–Kier alpha value is 1.05. The highest BCUT2D eigenvalue weighted by molar-refractivity contribution is 8.17. The van der Waals surface area contributed by atoms with E-state index in [1.54, 1.807) is 0 Å². The predicted molar refractivity (Wildman–Crippen MR) is 43.9 cm³/mol. The van der Waals surface area contributed by atoms with Crippen LogP contribution < -0.4 is 0 Å². The summed E-state index contributed by atoms with van der Waals surface area (Å²) in [5, 5.41) is 0. The van der Waals surface area contributed by atoms with Crippen molar-refractivity contribution in [1.29, 1.82) is 0 Å². The monoisotopic (exact) mass is 152 g/mol. The first-order chi connectivity index (χ1) is 3.13. The summed E-state index contributed by atoms with van der Waals surface area (Å²) in [5.41, 5.74) is 0. The van der Waals surface area contributed by atoms with Gasteiger partial charge in [-0.25, -0.2) is 0 Å². The smallest absolute Gasteiger partial charge is 0.0484 e. The maximum absolute atomic E-state index is 4.00. The van der Waals surface area contributed by atoms with E-state index in [2.05, 4.69) is 39.1 Å². The molecule has 0 aliphatic rings. The summed E-state index contributed by atoms with van der Waals surface area (Å²) in [6.07, 6.45) is 0. The van der Waals surface area contributed by atoms with Gasteiger partial charge in [0.1, 0.15) is 0 Å². The van der Waals surface area contributed by atoms with Gasteiger partial charge in [-0.15, -0.1) is 11.8 Å². The molecule has 7 heavy (non-hydrogen) atoms. The fraction of sp³-hybridized carbons (Fsp3) is 0.500. The highest BCUT2D eigenvalue weighted by atomic mass is 32.2. The number of rotatable bonds is 2. The van der Waals surface area contributed by atoms with Crippen LogP contribution in [-0.2, 0) is 0 Å². The van der Waals surface area contributed by atoms with Gasteiger partial charge in [-0.05, 0) is 13.8 Å². The van der Waals surface area contributed by atoms with E-state index >= 15 is 0 Å². The third-order valence-electron chi connectivity index (χ3n) is 0.314. The Bertz CT molecular complexity index is 36.2. The molecule has 0 N–H and O–H groups in total. The summed E-state index contributed by atoms with van der Waals surface area (Å²) >= 11 is 9.52. The molecule has 0 saturated carbocycles. The Kier molecular flexibility index (Phi) is 4.58. The van der Waals surface area contributed by atoms with Gasteiger partial charge < -0.3 is 0 Å². The third-order valence-corrected chi connectivity index (χ3v) is 1.67. The van der Waals surface area contributed by atoms with Gasteiger partial charge in [-0.2, -0.15) is 25.3 Å². The van der Waals surface area contributed by atoms with Crippen molar-refractivity contribution in [2.75, 3.05) is 0 Å². The molecule has 2 radical (unpaired) electrons. The number of thioether (sulfide) groups is 1. The molecular weight excluding hydrogens is 144 g/mol. The lowest BCUT2D eigenvalue weighted by Gasteiger charge is -2.03. The van der Waals surface area contributed by atoms with Crippen molar-refractivity contribution < 1.29 is 0 Å². The molecule has 2 unspecified atom stereocenters. The Morgan fingerprint density at radius 2 is 1.43 bits per heavy atom. The van der Waals surface area contributed by atoms with E-state index in [1.807, 2.05) is 0 Å². The summed E-state index contributed by atoms with van der Waals surface area (Å²) < 4.78 is 0.194. The minimum Gasteiger partial charge on any atom is -0.165 e. The topological polar surface area (TPSA) is 0 Å². The molecule has 2 atom stereocenters. The van der Waals surface area contributed by atoms with Crippen LogP contribution in [0.4, 0.5) is 0 Å². The molecule has 3 heteroatoms. The van der Waals surface area contributed by atoms with Crippen LogP contribution in [0, 0.1) is 13.8 Å². The Morgan fingerprint density at radius 1 is 1.14 bits per heavy atom. The van der Waals surface area contributed by atoms with Gasteiger partial charge in [-0.3, -0.25) is 0 Å². The second-order valence-corrected chi connectivity index (χ2v) is 4.40. The maximum atomic E-state index is 4.00. The SMILES string of the molecule is [CH2]C(S)SC([CH2])S. The molecule has 0 bridgehead atoms. The molecule has 0 aromatic rings. The van der Waals surface area contributed by atoms with Crippen LogP contribution in [0.25, 0.3) is 0 Å². The zero-order chi connectivity index (χ0) is 5.86. The zero-order valence-electron chi connectivity index (χ0n) is 3.87. The fourth-order valence-electron chi connectivity index (χ4n) is 0.181. The van der Waals surface area contributed by atoms with E-state index in [1.165, 1.54) is 11.8 Å². The van der Waals surface area contributed by atoms with Gasteiger partial charge in [0.2, 0.25) is 0 Å². The van der Waals surface area contributed by atoms with Crippen molar-refractivity contribution >= 4 is 37.0 Å². The van der Waals surface area contributed by atoms with Crippen LogP contribution in [0.2, 0.25) is 0 Å². The molecule has 0 aromatic carbocycles. The molecule has 0 fully saturated rings. The first-order valence-electron chi connectivity index (χ1n) is 1.80. The number of thiol groups is 2. The molecule has 0 aliphatic carbocycles. The lowest BCUT2D eigenvalue weighted by molar-refractivity contribution is 1.62. The molecule has 0 heterocycles. The normalized spacial score (nSPS) is 18.9. The number of hydrogen-bond acceptors (Lipinski definition) is 3. The molecule has 0 amide bonds. The van der Waals surface area contributed by atoms with E-state index in [0.29, 0.717) is 0 Å². The highest BCUT2D eigenvalue weighted by Gasteiger charge is 1.97. The zero-order valence-corrected chi connectivity index (χ0v) is 6.48. The molecule has 0 saturated heterocycles. The van der Waals surface area contributed by atoms with E-state index in [0.717, 1.165) is 0 Å². The highest BCUT2D eigenvalue weighted by Crippen LogP contribution is 2.20. The molecule has 0 rings (SSSR count). The fourth-order valence-corrected chi connectivity index (χ4v) is 1.71. The Morgan fingerprint density at radius 3 is 1.43 bits per heavy atom. The van der Waals surface area contributed by atoms with Crippen molar-refractivity contribution in [3.05, 3.63) is 13.8 Å². The minimum atomic E-state index is 0.0972. The van der Waals surface area contributed by atoms with Gasteiger partial charge in [0.15, 0.2) is 0 Å². The summed E-state index contributed by atoms with van der Waals surface area (Å²) in [6, 6.07) is 0. The van der Waals surface area contributed by atoms with Crippen LogP contribution in [0.3, 0.4) is 0 Å². The van der Waals surface area contributed by atoms with Gasteiger partial charge in [0, 0.05) is 9.16 Å². The first-order valence-corrected chi connectivity index (χ1v) is 3.78. The van der Waals surface area contributed by atoms with Crippen LogP contribution in [0.1, 0.15) is 0 Å². The second kappa shape index (κ2) is 3.98. The lowest BCUT2D eigenvalue weighted by atomic mass is 10.9. The van der Waals surface area contributed by atoms with E-state index in [-0.39, 0.29) is 9.16 Å². The predicted octanol–water partition coefficient (Wildman–Crippen LogP) is 1.90. The molecular formula is C4H8S3. The van der Waals surface area contributed by atoms with Gasteiger partial charge in [-0.1, -0.05) is 0 Å². The second-order valence-electron chi connectivity index (χ2n) is 1.05. The van der Waals surface area contributed by atoms with Crippen LogP contribution in [0.15, 0.2) is 0 Å². The number of hydrogen-bond donors (Lipinski definition) is 2. The van der Waals surface area contributed by atoms with Crippen LogP contribution in [0.5, 0.6) is 0 Å². The molecule has 0 spiro atoms. The van der Waals surface area contributed by atoms with Gasteiger partial charge >= 0.3 is 0 Å². The van der Waals surface area contributed by atoms with Crippen molar-refractivity contribution in [2.24, 2.45) is 0 Å². The van der Waals surface area contributed by atoms with Crippen molar-refractivity contribution in [1.82, 2.24) is 0 Å². The van der Waals surface area contributed by atoms with Crippen molar-refractivity contribution in [3.63, 3.8) is 0 Å². The van der Waals surface area contributed by atoms with Gasteiger partial charge in [0.05, 0.1) is 0 Å². The first kappa shape index (κ1) is 8.05. The molecule has 42 valence electrons. The standard InChI is InChI=1S/C4H8S3/c1-3(5)7-4(2)6/h3-6H,1-2H2. The molecule has 0 nitrogen and oxygen atoms in total. The van der Waals surface area contributed by atoms with Crippen LogP contribution >= 0.6 is 37.0 Å². The van der Waals surface area contributed by atoms with E-state index < -0.39 is 0 Å². The van der Waals surface area contributed by atoms with E-state index in [4.69, 9.17) is 0 Å². The summed E-state index contributed by atoms with van der Waals surface area (Å²) in [4.78, 5) is 0. The maximum Gasteiger partial charge on any atom is 0.0484 e. The Balaban J connectivity index is 2.95. The van der Waals surface area contributed by atoms with Crippen LogP contribution in [-0.4, -0.2) is 9.16 Å². The lowest BCUT2D eigenvalue weighted by Crippen LogP contribution is -1.89. The quantitative estimate of drug-likeness (QED) is 0.450. The summed E-state index contributed by atoms with van der Waals surface area (Å²) in [6.45, 7) is 7.23. The van der Waals surface area contributed by atoms with Crippen molar-refractivity contribution in [3.8, 4) is 0 Å². The Labute approximate surface area is 60.3 Å².